The van der Waals surface area contributed by atoms with E-state index in [0.717, 1.165) is 54.5 Å². The number of nitrogen functional groups attached to an aromatic ring is 1. The van der Waals surface area contributed by atoms with Gasteiger partial charge in [-0.1, -0.05) is 37.6 Å². The summed E-state index contributed by atoms with van der Waals surface area (Å²) in [7, 11) is 0. The lowest BCUT2D eigenvalue weighted by atomic mass is 9.97. The lowest BCUT2D eigenvalue weighted by molar-refractivity contribution is -0.120. The highest BCUT2D eigenvalue weighted by Crippen LogP contribution is 2.24. The van der Waals surface area contributed by atoms with E-state index in [1.165, 1.54) is 0 Å². The van der Waals surface area contributed by atoms with Gasteiger partial charge >= 0.3 is 0 Å². The monoisotopic (exact) mass is 379 g/mol. The smallest absolute Gasteiger partial charge is 0.227 e. The molecule has 1 aliphatic rings. The highest BCUT2D eigenvalue weighted by Gasteiger charge is 2.25. The molecule has 0 spiro atoms. The number of nitrogens with zero attached hydrogens (tertiary/aromatic N) is 4. The maximum absolute atomic E-state index is 11.8. The van der Waals surface area contributed by atoms with Gasteiger partial charge in [-0.2, -0.15) is 10.1 Å². The zero-order chi connectivity index (χ0) is 19.5. The molecule has 0 saturated carbocycles. The van der Waals surface area contributed by atoms with Crippen molar-refractivity contribution in [1.29, 1.82) is 0 Å². The molecule has 8 nitrogen and oxygen atoms in total. The van der Waals surface area contributed by atoms with Gasteiger partial charge in [0.2, 0.25) is 11.9 Å². The van der Waals surface area contributed by atoms with Gasteiger partial charge in [0.05, 0.1) is 18.7 Å². The minimum atomic E-state index is -0.0312. The van der Waals surface area contributed by atoms with Gasteiger partial charge in [-0.15, -0.1) is 0 Å². The van der Waals surface area contributed by atoms with Crippen molar-refractivity contribution in [2.24, 2.45) is 0 Å². The van der Waals surface area contributed by atoms with Gasteiger partial charge in [-0.05, 0) is 24.0 Å². The second kappa shape index (κ2) is 7.84. The van der Waals surface area contributed by atoms with Crippen LogP contribution >= 0.6 is 0 Å². The first kappa shape index (κ1) is 18.2. The number of aromatic nitrogens is 4. The Kier molecular flexibility index (Phi) is 5.10. The summed E-state index contributed by atoms with van der Waals surface area (Å²) in [6.07, 6.45) is 4.90. The highest BCUT2D eigenvalue weighted by atomic mass is 16.2. The molecule has 1 atom stereocenters. The number of carbonyl (C=O) groups is 1. The Morgan fingerprint density at radius 1 is 1.29 bits per heavy atom. The molecule has 4 rings (SSSR count). The van der Waals surface area contributed by atoms with Crippen LogP contribution < -0.4 is 16.4 Å². The summed E-state index contributed by atoms with van der Waals surface area (Å²) < 4.78 is 1.85. The number of nitrogens with one attached hydrogen (secondary N) is 2. The highest BCUT2D eigenvalue weighted by molar-refractivity contribution is 5.86. The molecule has 1 fully saturated rings. The van der Waals surface area contributed by atoms with Gasteiger partial charge in [-0.25, -0.2) is 4.98 Å². The third-order valence-corrected chi connectivity index (χ3v) is 5.03. The second-order valence-corrected chi connectivity index (χ2v) is 7.15. The molecular formula is C20H25N7O. The number of rotatable bonds is 7. The predicted molar refractivity (Wildman–Crippen MR) is 109 cm³/mol. The number of hydrogen-bond acceptors (Lipinski definition) is 6. The van der Waals surface area contributed by atoms with Crippen LogP contribution in [-0.2, 0) is 11.3 Å². The Labute approximate surface area is 163 Å². The molecule has 0 aliphatic carbocycles. The molecule has 1 aromatic carbocycles. The predicted octanol–water partition coefficient (Wildman–Crippen LogP) is 2.27. The van der Waals surface area contributed by atoms with Crippen LogP contribution in [0.5, 0.6) is 0 Å². The summed E-state index contributed by atoms with van der Waals surface area (Å²) in [5.41, 5.74) is 9.47. The average molecular weight is 379 g/mol. The molecule has 2 aromatic heterocycles. The van der Waals surface area contributed by atoms with E-state index in [9.17, 15) is 4.79 Å². The van der Waals surface area contributed by atoms with Crippen LogP contribution in [0.15, 0.2) is 30.5 Å². The molecule has 0 unspecified atom stereocenters. The Hall–Kier alpha value is -3.16. The van der Waals surface area contributed by atoms with E-state index in [1.807, 2.05) is 35.1 Å². The fourth-order valence-electron chi connectivity index (χ4n) is 3.52. The standard InChI is InChI=1S/C20H25N7O/c1-2-3-9-22-18-17-16(24-20(21)25-18)12-27(26-17)11-13-4-6-14(7-5-13)15-8-10-23-19(15)28/h4-7,12,15H,2-3,8-11H2,1H3,(H,23,28)(H3,21,22,24,25)/t15-/m0/s1. The zero-order valence-corrected chi connectivity index (χ0v) is 16.0. The summed E-state index contributed by atoms with van der Waals surface area (Å²) in [4.78, 5) is 20.4. The summed E-state index contributed by atoms with van der Waals surface area (Å²) in [5, 5.41) is 10.8. The maximum atomic E-state index is 11.8. The van der Waals surface area contributed by atoms with E-state index < -0.39 is 0 Å². The van der Waals surface area contributed by atoms with E-state index >= 15 is 0 Å². The van der Waals surface area contributed by atoms with Crippen molar-refractivity contribution < 1.29 is 4.79 Å². The number of unbranched alkanes of at least 4 members (excludes halogenated alkanes) is 1. The summed E-state index contributed by atoms with van der Waals surface area (Å²) >= 11 is 0. The lowest BCUT2D eigenvalue weighted by Crippen LogP contribution is -2.17. The zero-order valence-electron chi connectivity index (χ0n) is 16.0. The van der Waals surface area contributed by atoms with Gasteiger partial charge in [0.25, 0.3) is 0 Å². The molecule has 8 heteroatoms. The van der Waals surface area contributed by atoms with Crippen molar-refractivity contribution in [2.75, 3.05) is 24.1 Å². The normalized spacial score (nSPS) is 16.5. The number of fused-ring (bicyclic) bond motifs is 1. The van der Waals surface area contributed by atoms with Crippen LogP contribution in [0.1, 0.15) is 43.2 Å². The van der Waals surface area contributed by atoms with E-state index in [1.54, 1.807) is 0 Å². The average Bonchev–Trinajstić information content (AvgIpc) is 3.28. The van der Waals surface area contributed by atoms with Crippen molar-refractivity contribution in [3.8, 4) is 0 Å². The van der Waals surface area contributed by atoms with Crippen molar-refractivity contribution >= 4 is 28.7 Å². The van der Waals surface area contributed by atoms with Crippen molar-refractivity contribution in [3.63, 3.8) is 0 Å². The number of anilines is 2. The van der Waals surface area contributed by atoms with Crippen molar-refractivity contribution in [2.45, 2.75) is 38.6 Å². The molecule has 146 valence electrons. The summed E-state index contributed by atoms with van der Waals surface area (Å²) in [5.74, 6) is 1.00. The summed E-state index contributed by atoms with van der Waals surface area (Å²) in [6, 6.07) is 8.16. The molecule has 1 saturated heterocycles. The Balaban J connectivity index is 1.53. The molecule has 28 heavy (non-hydrogen) atoms. The van der Waals surface area contributed by atoms with E-state index in [0.29, 0.717) is 12.4 Å². The molecular weight excluding hydrogens is 354 g/mol. The molecule has 3 heterocycles. The minimum Gasteiger partial charge on any atom is -0.368 e. The number of amides is 1. The van der Waals surface area contributed by atoms with E-state index in [2.05, 4.69) is 32.6 Å². The number of nitrogens with two attached hydrogens (primary N) is 1. The Bertz CT molecular complexity index is 980. The van der Waals surface area contributed by atoms with Gasteiger partial charge in [0, 0.05) is 13.1 Å². The van der Waals surface area contributed by atoms with Crippen LogP contribution in [-0.4, -0.2) is 38.7 Å². The topological polar surface area (TPSA) is 111 Å². The van der Waals surface area contributed by atoms with Crippen LogP contribution in [0.2, 0.25) is 0 Å². The Morgan fingerprint density at radius 2 is 2.11 bits per heavy atom. The molecule has 1 aliphatic heterocycles. The molecule has 0 bridgehead atoms. The molecule has 0 radical (unpaired) electrons. The number of benzene rings is 1. The number of carbonyl (C=O) groups excluding carboxylic acids is 1. The van der Waals surface area contributed by atoms with Crippen LogP contribution in [0.3, 0.4) is 0 Å². The Morgan fingerprint density at radius 3 is 2.82 bits per heavy atom. The van der Waals surface area contributed by atoms with Gasteiger partial charge in [-0.3, -0.25) is 9.48 Å². The fourth-order valence-corrected chi connectivity index (χ4v) is 3.52. The third-order valence-electron chi connectivity index (χ3n) is 5.03. The van der Waals surface area contributed by atoms with Gasteiger partial charge < -0.3 is 16.4 Å². The van der Waals surface area contributed by atoms with Gasteiger partial charge in [0.15, 0.2) is 11.3 Å². The second-order valence-electron chi connectivity index (χ2n) is 7.15. The first-order chi connectivity index (χ1) is 13.6. The minimum absolute atomic E-state index is 0.0312. The fraction of sp³-hybridized carbons (Fsp3) is 0.400. The molecule has 3 aromatic rings. The maximum Gasteiger partial charge on any atom is 0.227 e. The first-order valence-electron chi connectivity index (χ1n) is 9.75. The molecule has 1 amide bonds. The van der Waals surface area contributed by atoms with E-state index in [4.69, 9.17) is 5.73 Å². The molecule has 4 N–H and O–H groups in total. The van der Waals surface area contributed by atoms with Crippen molar-refractivity contribution in [3.05, 3.63) is 41.6 Å². The van der Waals surface area contributed by atoms with Crippen molar-refractivity contribution in [1.82, 2.24) is 25.1 Å². The van der Waals surface area contributed by atoms with Gasteiger partial charge in [0.1, 0.15) is 5.52 Å². The van der Waals surface area contributed by atoms with Crippen LogP contribution in [0.25, 0.3) is 11.0 Å². The third kappa shape index (κ3) is 3.76. The number of hydrogen-bond donors (Lipinski definition) is 3. The van der Waals surface area contributed by atoms with Crippen LogP contribution in [0, 0.1) is 0 Å². The van der Waals surface area contributed by atoms with Crippen LogP contribution in [0.4, 0.5) is 11.8 Å². The first-order valence-corrected chi connectivity index (χ1v) is 9.75. The largest absolute Gasteiger partial charge is 0.368 e. The summed E-state index contributed by atoms with van der Waals surface area (Å²) in [6.45, 7) is 4.33. The van der Waals surface area contributed by atoms with E-state index in [-0.39, 0.29) is 17.8 Å². The quantitative estimate of drug-likeness (QED) is 0.543. The lowest BCUT2D eigenvalue weighted by Gasteiger charge is -2.08. The SMILES string of the molecule is CCCCNc1nc(N)nc2cn(Cc3ccc([C@@H]4CCNC4=O)cc3)nc12.